The summed E-state index contributed by atoms with van der Waals surface area (Å²) < 4.78 is 0. The SMILES string of the molecule is NC(CCO)CSc1ccccc1. The molecule has 0 aliphatic carbocycles. The van der Waals surface area contributed by atoms with Crippen LogP contribution in [0.2, 0.25) is 0 Å². The van der Waals surface area contributed by atoms with Crippen molar-refractivity contribution in [2.75, 3.05) is 12.4 Å². The Kier molecular flexibility index (Phi) is 4.90. The van der Waals surface area contributed by atoms with Crippen LogP contribution in [0.5, 0.6) is 0 Å². The van der Waals surface area contributed by atoms with E-state index in [0.29, 0.717) is 6.42 Å². The smallest absolute Gasteiger partial charge is 0.0446 e. The molecular formula is C10H15NOS. The Balaban J connectivity index is 2.27. The van der Waals surface area contributed by atoms with Gasteiger partial charge in [-0.05, 0) is 18.6 Å². The van der Waals surface area contributed by atoms with Crippen molar-refractivity contribution < 1.29 is 5.11 Å². The first kappa shape index (κ1) is 10.6. The van der Waals surface area contributed by atoms with Gasteiger partial charge in [-0.3, -0.25) is 0 Å². The highest BCUT2D eigenvalue weighted by Crippen LogP contribution is 2.17. The molecule has 0 amide bonds. The van der Waals surface area contributed by atoms with Crippen molar-refractivity contribution in [2.45, 2.75) is 17.4 Å². The molecule has 0 radical (unpaired) electrons. The first-order valence-electron chi connectivity index (χ1n) is 4.37. The van der Waals surface area contributed by atoms with E-state index in [1.54, 1.807) is 11.8 Å². The van der Waals surface area contributed by atoms with Gasteiger partial charge in [0, 0.05) is 23.3 Å². The zero-order valence-corrected chi connectivity index (χ0v) is 8.33. The number of benzene rings is 1. The lowest BCUT2D eigenvalue weighted by Gasteiger charge is -2.08. The van der Waals surface area contributed by atoms with Crippen LogP contribution in [0.3, 0.4) is 0 Å². The summed E-state index contributed by atoms with van der Waals surface area (Å²) in [5.41, 5.74) is 5.75. The van der Waals surface area contributed by atoms with Gasteiger partial charge in [0.25, 0.3) is 0 Å². The molecule has 2 nitrogen and oxygen atoms in total. The predicted molar refractivity (Wildman–Crippen MR) is 56.8 cm³/mol. The van der Waals surface area contributed by atoms with Crippen LogP contribution in [-0.2, 0) is 0 Å². The minimum Gasteiger partial charge on any atom is -0.396 e. The first-order valence-corrected chi connectivity index (χ1v) is 5.36. The number of nitrogens with two attached hydrogens (primary N) is 1. The lowest BCUT2D eigenvalue weighted by atomic mass is 10.3. The van der Waals surface area contributed by atoms with Gasteiger partial charge in [0.05, 0.1) is 0 Å². The molecule has 0 heterocycles. The maximum Gasteiger partial charge on any atom is 0.0446 e. The average Bonchev–Trinajstić information content (AvgIpc) is 2.17. The zero-order valence-electron chi connectivity index (χ0n) is 7.52. The highest BCUT2D eigenvalue weighted by atomic mass is 32.2. The Hall–Kier alpha value is -0.510. The van der Waals surface area contributed by atoms with Gasteiger partial charge < -0.3 is 10.8 Å². The molecule has 0 spiro atoms. The number of thioether (sulfide) groups is 1. The minimum atomic E-state index is 0.0928. The maximum atomic E-state index is 8.64. The van der Waals surface area contributed by atoms with Gasteiger partial charge in [-0.1, -0.05) is 18.2 Å². The van der Waals surface area contributed by atoms with Crippen LogP contribution < -0.4 is 5.73 Å². The molecule has 1 aromatic rings. The molecule has 3 heteroatoms. The van der Waals surface area contributed by atoms with Crippen LogP contribution >= 0.6 is 11.8 Å². The molecule has 3 N–H and O–H groups in total. The molecule has 0 aromatic heterocycles. The monoisotopic (exact) mass is 197 g/mol. The molecule has 0 bridgehead atoms. The van der Waals surface area contributed by atoms with Crippen molar-refractivity contribution in [1.82, 2.24) is 0 Å². The molecule has 0 saturated carbocycles. The van der Waals surface area contributed by atoms with Crippen molar-refractivity contribution in [2.24, 2.45) is 5.73 Å². The molecule has 1 atom stereocenters. The molecule has 72 valence electrons. The molecule has 13 heavy (non-hydrogen) atoms. The fourth-order valence-electron chi connectivity index (χ4n) is 0.969. The van der Waals surface area contributed by atoms with Crippen LogP contribution in [0.15, 0.2) is 35.2 Å². The number of rotatable bonds is 5. The Labute approximate surface area is 83.1 Å². The summed E-state index contributed by atoms with van der Waals surface area (Å²) in [7, 11) is 0. The summed E-state index contributed by atoms with van der Waals surface area (Å²) in [5, 5.41) is 8.64. The van der Waals surface area contributed by atoms with E-state index >= 15 is 0 Å². The van der Waals surface area contributed by atoms with Crippen molar-refractivity contribution in [3.8, 4) is 0 Å². The maximum absolute atomic E-state index is 8.64. The molecule has 0 saturated heterocycles. The average molecular weight is 197 g/mol. The Morgan fingerprint density at radius 2 is 2.00 bits per heavy atom. The van der Waals surface area contributed by atoms with Gasteiger partial charge in [-0.25, -0.2) is 0 Å². The van der Waals surface area contributed by atoms with Crippen LogP contribution in [0, 0.1) is 0 Å². The van der Waals surface area contributed by atoms with Crippen molar-refractivity contribution in [3.63, 3.8) is 0 Å². The highest BCUT2D eigenvalue weighted by molar-refractivity contribution is 7.99. The second-order valence-corrected chi connectivity index (χ2v) is 3.99. The summed E-state index contributed by atoms with van der Waals surface area (Å²) in [6, 6.07) is 10.2. The van der Waals surface area contributed by atoms with Gasteiger partial charge in [0.15, 0.2) is 0 Å². The molecule has 0 aliphatic rings. The predicted octanol–water partition coefficient (Wildman–Crippen LogP) is 1.49. The summed E-state index contributed by atoms with van der Waals surface area (Å²) in [5.74, 6) is 0.866. The van der Waals surface area contributed by atoms with Gasteiger partial charge in [0.2, 0.25) is 0 Å². The first-order chi connectivity index (χ1) is 6.33. The second-order valence-electron chi connectivity index (χ2n) is 2.90. The van der Waals surface area contributed by atoms with E-state index in [1.807, 2.05) is 18.2 Å². The third-order valence-corrected chi connectivity index (χ3v) is 2.91. The van der Waals surface area contributed by atoms with Crippen LogP contribution in [0.4, 0.5) is 0 Å². The summed E-state index contributed by atoms with van der Waals surface area (Å²) in [4.78, 5) is 1.23. The van der Waals surface area contributed by atoms with E-state index in [-0.39, 0.29) is 12.6 Å². The molecule has 1 unspecified atom stereocenters. The van der Waals surface area contributed by atoms with E-state index in [9.17, 15) is 0 Å². The summed E-state index contributed by atoms with van der Waals surface area (Å²) in [6.07, 6.45) is 0.680. The number of hydrogen-bond acceptors (Lipinski definition) is 3. The van der Waals surface area contributed by atoms with E-state index in [2.05, 4.69) is 12.1 Å². The Morgan fingerprint density at radius 1 is 1.31 bits per heavy atom. The topological polar surface area (TPSA) is 46.2 Å². The Bertz CT molecular complexity index is 228. The third-order valence-electron chi connectivity index (χ3n) is 1.71. The highest BCUT2D eigenvalue weighted by Gasteiger charge is 2.01. The summed E-state index contributed by atoms with van der Waals surface area (Å²) in [6.45, 7) is 0.177. The molecular weight excluding hydrogens is 182 g/mol. The van der Waals surface area contributed by atoms with Crippen molar-refractivity contribution in [3.05, 3.63) is 30.3 Å². The lowest BCUT2D eigenvalue weighted by molar-refractivity contribution is 0.279. The summed E-state index contributed by atoms with van der Waals surface area (Å²) >= 11 is 1.73. The second kappa shape index (κ2) is 6.02. The standard InChI is InChI=1S/C10H15NOS/c11-9(6-7-12)8-13-10-4-2-1-3-5-10/h1-5,9,12H,6-8,11H2. The lowest BCUT2D eigenvalue weighted by Crippen LogP contribution is -2.23. The van der Waals surface area contributed by atoms with Crippen LogP contribution in [0.1, 0.15) is 6.42 Å². The van der Waals surface area contributed by atoms with Crippen LogP contribution in [0.25, 0.3) is 0 Å². The van der Waals surface area contributed by atoms with Crippen LogP contribution in [-0.4, -0.2) is 23.5 Å². The van der Waals surface area contributed by atoms with E-state index in [0.717, 1.165) is 5.75 Å². The molecule has 1 aromatic carbocycles. The van der Waals surface area contributed by atoms with Gasteiger partial charge >= 0.3 is 0 Å². The number of aliphatic hydroxyl groups excluding tert-OH is 1. The fourth-order valence-corrected chi connectivity index (χ4v) is 1.89. The molecule has 0 aliphatic heterocycles. The van der Waals surface area contributed by atoms with Crippen molar-refractivity contribution in [1.29, 1.82) is 0 Å². The van der Waals surface area contributed by atoms with Gasteiger partial charge in [-0.2, -0.15) is 0 Å². The van der Waals surface area contributed by atoms with Gasteiger partial charge in [0.1, 0.15) is 0 Å². The van der Waals surface area contributed by atoms with E-state index in [4.69, 9.17) is 10.8 Å². The van der Waals surface area contributed by atoms with E-state index in [1.165, 1.54) is 4.90 Å². The van der Waals surface area contributed by atoms with E-state index < -0.39 is 0 Å². The minimum absolute atomic E-state index is 0.0928. The quantitative estimate of drug-likeness (QED) is 0.703. The zero-order chi connectivity index (χ0) is 9.52. The number of hydrogen-bond donors (Lipinski definition) is 2. The van der Waals surface area contributed by atoms with Gasteiger partial charge in [-0.15, -0.1) is 11.8 Å². The fraction of sp³-hybridized carbons (Fsp3) is 0.400. The normalized spacial score (nSPS) is 12.8. The third kappa shape index (κ3) is 4.31. The molecule has 1 rings (SSSR count). The van der Waals surface area contributed by atoms with Crippen molar-refractivity contribution >= 4 is 11.8 Å². The largest absolute Gasteiger partial charge is 0.396 e. The molecule has 0 fully saturated rings. The Morgan fingerprint density at radius 3 is 2.62 bits per heavy atom. The number of aliphatic hydroxyl groups is 1.